The molecule has 0 aliphatic rings. The Kier molecular flexibility index (Phi) is 32.4. The molecule has 7 aromatic carbocycles. The third-order valence-corrected chi connectivity index (χ3v) is 13.1. The van der Waals surface area contributed by atoms with E-state index in [1.165, 1.54) is 16.7 Å². The topological polar surface area (TPSA) is 295 Å². The van der Waals surface area contributed by atoms with Gasteiger partial charge in [0, 0.05) is 103 Å². The number of rotatable bonds is 31. The molecule has 0 saturated heterocycles. The lowest BCUT2D eigenvalue weighted by Gasteiger charge is -2.23. The van der Waals surface area contributed by atoms with Crippen molar-refractivity contribution in [3.05, 3.63) is 209 Å². The average Bonchev–Trinajstić information content (AvgIpc) is 3.48. The highest BCUT2D eigenvalue weighted by atomic mass is 16.3. The molecule has 448 valence electrons. The SMILES string of the molecule is Cc1ccc(O)cc1.Cc1ccc(O)cc1.Cc1ccc(O)cc1.NC(=O)CCNCC(Cc1ccc(O)cc1)NCCNCC(Cc1ccc(O)cc1)NCCNCC(Cc1ccc(O)cc1)NCCNCC(N)Cc1ccc(O)cc1. The van der Waals surface area contributed by atoms with Gasteiger partial charge in [-0.1, -0.05) is 102 Å². The Balaban J connectivity index is 0.000000499. The summed E-state index contributed by atoms with van der Waals surface area (Å²) < 4.78 is 0. The molecule has 0 aliphatic heterocycles. The van der Waals surface area contributed by atoms with Crippen LogP contribution in [0.15, 0.2) is 170 Å². The summed E-state index contributed by atoms with van der Waals surface area (Å²) in [6.07, 6.45) is 3.39. The van der Waals surface area contributed by atoms with Crippen LogP contribution in [0.5, 0.6) is 40.2 Å². The number of amides is 1. The van der Waals surface area contributed by atoms with Gasteiger partial charge in [-0.05, 0) is 154 Å². The predicted molar refractivity (Wildman–Crippen MR) is 334 cm³/mol. The Labute approximate surface area is 491 Å². The second-order valence-corrected chi connectivity index (χ2v) is 20.7. The number of phenolic OH excluding ortho intramolecular Hbond substituents is 7. The number of nitrogens with one attached hydrogen (secondary N) is 7. The second kappa shape index (κ2) is 39.7. The summed E-state index contributed by atoms with van der Waals surface area (Å²) in [7, 11) is 0. The van der Waals surface area contributed by atoms with E-state index in [0.29, 0.717) is 36.9 Å². The molecule has 17 heteroatoms. The summed E-state index contributed by atoms with van der Waals surface area (Å²) in [5.41, 5.74) is 19.7. The Morgan fingerprint density at radius 1 is 0.337 bits per heavy atom. The third-order valence-electron chi connectivity index (χ3n) is 13.1. The fraction of sp³-hybridized carbons (Fsp3) is 0.348. The van der Waals surface area contributed by atoms with Gasteiger partial charge < -0.3 is 84.4 Å². The molecular formula is C66H91N9O8. The number of phenols is 7. The molecule has 0 spiro atoms. The monoisotopic (exact) mass is 1140 g/mol. The summed E-state index contributed by atoms with van der Waals surface area (Å²) in [5.74, 6) is 1.65. The number of hydrogen-bond donors (Lipinski definition) is 16. The van der Waals surface area contributed by atoms with Crippen LogP contribution in [0.1, 0.15) is 45.4 Å². The van der Waals surface area contributed by atoms with Gasteiger partial charge in [0.1, 0.15) is 40.2 Å². The van der Waals surface area contributed by atoms with Gasteiger partial charge in [-0.3, -0.25) is 4.79 Å². The highest BCUT2D eigenvalue weighted by molar-refractivity contribution is 5.73. The fourth-order valence-corrected chi connectivity index (χ4v) is 8.46. The van der Waals surface area contributed by atoms with E-state index in [1.54, 1.807) is 84.9 Å². The molecule has 0 saturated carbocycles. The van der Waals surface area contributed by atoms with Gasteiger partial charge in [0.05, 0.1) is 0 Å². The molecule has 0 aliphatic carbocycles. The van der Waals surface area contributed by atoms with Crippen LogP contribution in [-0.2, 0) is 30.5 Å². The number of hydrogen-bond acceptors (Lipinski definition) is 16. The highest BCUT2D eigenvalue weighted by Crippen LogP contribution is 2.15. The van der Waals surface area contributed by atoms with Gasteiger partial charge in [-0.25, -0.2) is 0 Å². The minimum absolute atomic E-state index is 0.0322. The molecule has 18 N–H and O–H groups in total. The highest BCUT2D eigenvalue weighted by Gasteiger charge is 2.14. The summed E-state index contributed by atoms with van der Waals surface area (Å²) in [6.45, 7) is 13.9. The zero-order valence-electron chi connectivity index (χ0n) is 48.5. The number of primary amides is 1. The van der Waals surface area contributed by atoms with Crippen molar-refractivity contribution in [2.24, 2.45) is 11.5 Å². The Bertz CT molecular complexity index is 2610. The van der Waals surface area contributed by atoms with E-state index in [2.05, 4.69) is 37.2 Å². The maximum Gasteiger partial charge on any atom is 0.218 e. The maximum absolute atomic E-state index is 11.2. The Hall–Kier alpha value is -7.71. The fourth-order valence-electron chi connectivity index (χ4n) is 8.46. The minimum atomic E-state index is -0.330. The van der Waals surface area contributed by atoms with Crippen molar-refractivity contribution in [3.63, 3.8) is 0 Å². The van der Waals surface area contributed by atoms with E-state index in [9.17, 15) is 25.2 Å². The molecule has 4 atom stereocenters. The van der Waals surface area contributed by atoms with E-state index in [4.69, 9.17) is 26.8 Å². The molecule has 17 nitrogen and oxygen atoms in total. The quantitative estimate of drug-likeness (QED) is 0.0212. The van der Waals surface area contributed by atoms with Crippen molar-refractivity contribution in [1.82, 2.24) is 37.2 Å². The van der Waals surface area contributed by atoms with Gasteiger partial charge in [0.25, 0.3) is 0 Å². The molecule has 7 rings (SSSR count). The predicted octanol–water partition coefficient (Wildman–Crippen LogP) is 6.32. The van der Waals surface area contributed by atoms with Gasteiger partial charge in [0.15, 0.2) is 0 Å². The second-order valence-electron chi connectivity index (χ2n) is 20.7. The van der Waals surface area contributed by atoms with E-state index < -0.39 is 0 Å². The van der Waals surface area contributed by atoms with Crippen LogP contribution < -0.4 is 48.7 Å². The van der Waals surface area contributed by atoms with E-state index in [1.807, 2.05) is 106 Å². The molecule has 0 heterocycles. The van der Waals surface area contributed by atoms with Crippen LogP contribution in [0.2, 0.25) is 0 Å². The van der Waals surface area contributed by atoms with Crippen LogP contribution in [-0.4, -0.2) is 138 Å². The Morgan fingerprint density at radius 2 is 0.566 bits per heavy atom. The van der Waals surface area contributed by atoms with Crippen LogP contribution in [0.4, 0.5) is 0 Å². The maximum atomic E-state index is 11.2. The van der Waals surface area contributed by atoms with Crippen LogP contribution >= 0.6 is 0 Å². The number of carbonyl (C=O) groups is 1. The largest absolute Gasteiger partial charge is 0.508 e. The molecule has 1 amide bonds. The van der Waals surface area contributed by atoms with Crippen LogP contribution in [0, 0.1) is 20.8 Å². The van der Waals surface area contributed by atoms with E-state index in [0.717, 1.165) is 100 Å². The van der Waals surface area contributed by atoms with Gasteiger partial charge in [-0.2, -0.15) is 0 Å². The summed E-state index contributed by atoms with van der Waals surface area (Å²) in [6, 6.07) is 50.8. The summed E-state index contributed by atoms with van der Waals surface area (Å²) >= 11 is 0. The van der Waals surface area contributed by atoms with Crippen LogP contribution in [0.25, 0.3) is 0 Å². The minimum Gasteiger partial charge on any atom is -0.508 e. The van der Waals surface area contributed by atoms with Crippen molar-refractivity contribution in [2.45, 2.75) is 77.0 Å². The van der Waals surface area contributed by atoms with Crippen molar-refractivity contribution in [2.75, 3.05) is 72.0 Å². The average molecular weight is 1140 g/mol. The van der Waals surface area contributed by atoms with Gasteiger partial charge in [-0.15, -0.1) is 0 Å². The lowest BCUT2D eigenvalue weighted by molar-refractivity contribution is -0.117. The number of aromatic hydroxyl groups is 7. The number of benzene rings is 7. The first-order chi connectivity index (χ1) is 40.0. The molecule has 0 radical (unpaired) electrons. The van der Waals surface area contributed by atoms with Crippen molar-refractivity contribution >= 4 is 5.91 Å². The first-order valence-electron chi connectivity index (χ1n) is 28.4. The summed E-state index contributed by atoms with van der Waals surface area (Å²) in [5, 5.41) is 90.2. The molecule has 4 unspecified atom stereocenters. The standard InChI is InChI=1S/C45H67N9O5.3C7H8O/c46-37(25-33-1-9-41(55)10-2-33)29-49-19-22-52-39(27-35-5-13-43(57)14-6-35)31-51-21-24-54-40(28-36-7-15-44(58)16-8-36)32-50-20-23-53-38(30-48-18-17-45(47)59)26-34-3-11-42(56)12-4-34;3*1-6-2-4-7(8)5-3-6/h1-16,37-40,48-58H,17-32,46H2,(H2,47,59);3*2-5,8H,1H3. The van der Waals surface area contributed by atoms with Crippen molar-refractivity contribution in [3.8, 4) is 40.2 Å². The lowest BCUT2D eigenvalue weighted by atomic mass is 10.0. The smallest absolute Gasteiger partial charge is 0.218 e. The van der Waals surface area contributed by atoms with Gasteiger partial charge >= 0.3 is 0 Å². The lowest BCUT2D eigenvalue weighted by Crippen LogP contribution is -2.47. The molecular weight excluding hydrogens is 1050 g/mol. The molecule has 83 heavy (non-hydrogen) atoms. The Morgan fingerprint density at radius 3 is 0.819 bits per heavy atom. The first kappa shape index (κ1) is 67.8. The number of carbonyl (C=O) groups excluding carboxylic acids is 1. The normalized spacial score (nSPS) is 12.2. The van der Waals surface area contributed by atoms with Crippen molar-refractivity contribution in [1.29, 1.82) is 0 Å². The van der Waals surface area contributed by atoms with Gasteiger partial charge in [0.2, 0.25) is 5.91 Å². The van der Waals surface area contributed by atoms with E-state index >= 15 is 0 Å². The van der Waals surface area contributed by atoms with E-state index in [-0.39, 0.29) is 59.5 Å². The summed E-state index contributed by atoms with van der Waals surface area (Å²) in [4.78, 5) is 11.2. The molecule has 0 fully saturated rings. The zero-order chi connectivity index (χ0) is 60.0. The molecule has 0 bridgehead atoms. The van der Waals surface area contributed by atoms with Crippen molar-refractivity contribution < 1.29 is 40.5 Å². The zero-order valence-corrected chi connectivity index (χ0v) is 48.5. The number of nitrogens with two attached hydrogens (primary N) is 2. The first-order valence-corrected chi connectivity index (χ1v) is 28.4. The molecule has 0 aromatic heterocycles. The van der Waals surface area contributed by atoms with Crippen LogP contribution in [0.3, 0.4) is 0 Å². The number of aryl methyl sites for hydroxylation is 3. The molecule has 7 aromatic rings. The third kappa shape index (κ3) is 32.5.